The maximum atomic E-state index is 11.1. The van der Waals surface area contributed by atoms with Crippen LogP contribution < -0.4 is 0 Å². The van der Waals surface area contributed by atoms with E-state index in [9.17, 15) is 15.2 Å². The number of phenolic OH excluding ortho intramolecular Hbond substituents is 1. The first kappa shape index (κ1) is 16.9. The third kappa shape index (κ3) is 4.18. The molecule has 6 heteroatoms. The maximum Gasteiger partial charge on any atom is 0.311 e. The molecule has 0 bridgehead atoms. The standard InChI is InChI=1S/C15H22N2O4/c1-14(2,3)9-15(4,5)11-6-10(8-16-19)13(18)12(7-11)17(20)21/h6-8,18-19H,9H2,1-5H3. The van der Waals surface area contributed by atoms with E-state index in [1.165, 1.54) is 6.07 Å². The van der Waals surface area contributed by atoms with Gasteiger partial charge in [0.25, 0.3) is 0 Å². The van der Waals surface area contributed by atoms with Crippen molar-refractivity contribution in [1.29, 1.82) is 0 Å². The number of hydrogen-bond acceptors (Lipinski definition) is 5. The van der Waals surface area contributed by atoms with Crippen LogP contribution in [0.5, 0.6) is 5.75 Å². The van der Waals surface area contributed by atoms with E-state index in [2.05, 4.69) is 25.9 Å². The molecule has 0 atom stereocenters. The van der Waals surface area contributed by atoms with Crippen molar-refractivity contribution in [1.82, 2.24) is 0 Å². The summed E-state index contributed by atoms with van der Waals surface area (Å²) in [6, 6.07) is 3.00. The van der Waals surface area contributed by atoms with Gasteiger partial charge in [-0.2, -0.15) is 0 Å². The van der Waals surface area contributed by atoms with Crippen molar-refractivity contribution in [3.63, 3.8) is 0 Å². The van der Waals surface area contributed by atoms with Crippen LogP contribution in [-0.2, 0) is 5.41 Å². The van der Waals surface area contributed by atoms with Gasteiger partial charge < -0.3 is 10.3 Å². The predicted molar refractivity (Wildman–Crippen MR) is 81.2 cm³/mol. The van der Waals surface area contributed by atoms with Crippen molar-refractivity contribution in [3.05, 3.63) is 33.4 Å². The largest absolute Gasteiger partial charge is 0.502 e. The summed E-state index contributed by atoms with van der Waals surface area (Å²) in [5.74, 6) is -0.492. The minimum Gasteiger partial charge on any atom is -0.502 e. The highest BCUT2D eigenvalue weighted by Crippen LogP contribution is 2.40. The third-order valence-electron chi connectivity index (χ3n) is 3.27. The van der Waals surface area contributed by atoms with E-state index in [0.717, 1.165) is 18.2 Å². The molecule has 0 saturated heterocycles. The molecule has 21 heavy (non-hydrogen) atoms. The number of benzene rings is 1. The lowest BCUT2D eigenvalue weighted by atomic mass is 9.72. The minimum absolute atomic E-state index is 0.0431. The highest BCUT2D eigenvalue weighted by atomic mass is 16.6. The second kappa shape index (κ2) is 5.71. The van der Waals surface area contributed by atoms with Crippen LogP contribution in [-0.4, -0.2) is 21.5 Å². The molecule has 1 aromatic rings. The van der Waals surface area contributed by atoms with Gasteiger partial charge in [0.2, 0.25) is 5.75 Å². The molecular formula is C15H22N2O4. The SMILES string of the molecule is CC(C)(C)CC(C)(C)c1cc(C=NO)c(O)c([N+](=O)[O-])c1. The quantitative estimate of drug-likeness (QED) is 0.382. The normalized spacial score (nSPS) is 12.8. The number of hydrogen-bond donors (Lipinski definition) is 2. The summed E-state index contributed by atoms with van der Waals surface area (Å²) in [7, 11) is 0. The first-order valence-corrected chi connectivity index (χ1v) is 6.67. The van der Waals surface area contributed by atoms with Crippen molar-refractivity contribution in [2.75, 3.05) is 0 Å². The maximum absolute atomic E-state index is 11.1. The lowest BCUT2D eigenvalue weighted by Gasteiger charge is -2.33. The summed E-state index contributed by atoms with van der Waals surface area (Å²) in [6.45, 7) is 10.3. The lowest BCUT2D eigenvalue weighted by Crippen LogP contribution is -2.25. The van der Waals surface area contributed by atoms with Gasteiger partial charge in [-0.25, -0.2) is 0 Å². The molecule has 0 aromatic heterocycles. The average Bonchev–Trinajstić information content (AvgIpc) is 2.28. The van der Waals surface area contributed by atoms with Crippen LogP contribution in [0.4, 0.5) is 5.69 Å². The molecule has 0 spiro atoms. The Morgan fingerprint density at radius 2 is 1.86 bits per heavy atom. The molecule has 0 fully saturated rings. The Kier molecular flexibility index (Phi) is 4.61. The van der Waals surface area contributed by atoms with Crippen LogP contribution in [0.3, 0.4) is 0 Å². The Bertz CT molecular complexity index is 572. The predicted octanol–water partition coefficient (Wildman–Crippen LogP) is 3.82. The zero-order valence-electron chi connectivity index (χ0n) is 13.0. The van der Waals surface area contributed by atoms with E-state index in [1.54, 1.807) is 6.07 Å². The van der Waals surface area contributed by atoms with Crippen LogP contribution >= 0.6 is 0 Å². The first-order valence-electron chi connectivity index (χ1n) is 6.67. The molecule has 0 heterocycles. The monoisotopic (exact) mass is 294 g/mol. The summed E-state index contributed by atoms with van der Waals surface area (Å²) in [5, 5.41) is 32.4. The number of nitro benzene ring substituents is 1. The lowest BCUT2D eigenvalue weighted by molar-refractivity contribution is -0.386. The van der Waals surface area contributed by atoms with E-state index in [1.807, 2.05) is 13.8 Å². The smallest absolute Gasteiger partial charge is 0.311 e. The number of nitro groups is 1. The van der Waals surface area contributed by atoms with E-state index in [4.69, 9.17) is 5.21 Å². The number of nitrogens with zero attached hydrogens (tertiary/aromatic N) is 2. The van der Waals surface area contributed by atoms with Crippen LogP contribution in [0, 0.1) is 15.5 Å². The van der Waals surface area contributed by atoms with Crippen molar-refractivity contribution in [2.45, 2.75) is 46.5 Å². The molecular weight excluding hydrogens is 272 g/mol. The number of phenols is 1. The van der Waals surface area contributed by atoms with Crippen molar-refractivity contribution >= 4 is 11.9 Å². The highest BCUT2D eigenvalue weighted by Gasteiger charge is 2.30. The Morgan fingerprint density at radius 1 is 1.29 bits per heavy atom. The van der Waals surface area contributed by atoms with Crippen molar-refractivity contribution in [3.8, 4) is 5.75 Å². The molecule has 116 valence electrons. The Balaban J connectivity index is 3.46. The molecule has 6 nitrogen and oxygen atoms in total. The van der Waals surface area contributed by atoms with Crippen molar-refractivity contribution in [2.24, 2.45) is 10.6 Å². The van der Waals surface area contributed by atoms with E-state index in [-0.39, 0.29) is 22.1 Å². The molecule has 2 N–H and O–H groups in total. The molecule has 0 aliphatic heterocycles. The molecule has 0 radical (unpaired) electrons. The van der Waals surface area contributed by atoms with Crippen LogP contribution in [0.2, 0.25) is 0 Å². The van der Waals surface area contributed by atoms with Crippen molar-refractivity contribution < 1.29 is 15.2 Å². The fraction of sp³-hybridized carbons (Fsp3) is 0.533. The number of aromatic hydroxyl groups is 1. The van der Waals surface area contributed by atoms with Gasteiger partial charge in [-0.15, -0.1) is 0 Å². The van der Waals surface area contributed by atoms with Gasteiger partial charge in [0.05, 0.1) is 11.1 Å². The fourth-order valence-electron chi connectivity index (χ4n) is 2.76. The molecule has 0 amide bonds. The van der Waals surface area contributed by atoms with Gasteiger partial charge in [-0.05, 0) is 28.9 Å². The summed E-state index contributed by atoms with van der Waals surface area (Å²) < 4.78 is 0. The zero-order valence-corrected chi connectivity index (χ0v) is 13.0. The minimum atomic E-state index is -0.638. The summed E-state index contributed by atoms with van der Waals surface area (Å²) >= 11 is 0. The first-order chi connectivity index (χ1) is 9.48. The molecule has 1 rings (SSSR count). The summed E-state index contributed by atoms with van der Waals surface area (Å²) in [4.78, 5) is 10.4. The molecule has 0 aliphatic carbocycles. The average molecular weight is 294 g/mol. The van der Waals surface area contributed by atoms with Crippen LogP contribution in [0.1, 0.15) is 52.2 Å². The Labute approximate surface area is 124 Å². The van der Waals surface area contributed by atoms with E-state index in [0.29, 0.717) is 0 Å². The van der Waals surface area contributed by atoms with Gasteiger partial charge in [0.15, 0.2) is 0 Å². The van der Waals surface area contributed by atoms with Gasteiger partial charge >= 0.3 is 5.69 Å². The summed E-state index contributed by atoms with van der Waals surface area (Å²) in [6.07, 6.45) is 1.80. The second-order valence-corrected chi connectivity index (χ2v) is 7.06. The van der Waals surface area contributed by atoms with Crippen LogP contribution in [0.25, 0.3) is 0 Å². The van der Waals surface area contributed by atoms with Gasteiger partial charge in [-0.1, -0.05) is 39.8 Å². The Hall–Kier alpha value is -2.11. The van der Waals surface area contributed by atoms with E-state index >= 15 is 0 Å². The van der Waals surface area contributed by atoms with Gasteiger partial charge in [0, 0.05) is 11.6 Å². The number of oxime groups is 1. The molecule has 1 aromatic carbocycles. The third-order valence-corrected chi connectivity index (χ3v) is 3.27. The molecule has 0 unspecified atom stereocenters. The highest BCUT2D eigenvalue weighted by molar-refractivity contribution is 5.85. The fourth-order valence-corrected chi connectivity index (χ4v) is 2.76. The second-order valence-electron chi connectivity index (χ2n) is 7.06. The van der Waals surface area contributed by atoms with Gasteiger partial charge in [0.1, 0.15) is 0 Å². The summed E-state index contributed by atoms with van der Waals surface area (Å²) in [5.41, 5.74) is 0.181. The topological polar surface area (TPSA) is 96.0 Å². The van der Waals surface area contributed by atoms with Crippen LogP contribution in [0.15, 0.2) is 17.3 Å². The zero-order chi connectivity index (χ0) is 16.4. The molecule has 0 saturated carbocycles. The van der Waals surface area contributed by atoms with E-state index < -0.39 is 10.7 Å². The Morgan fingerprint density at radius 3 is 2.29 bits per heavy atom. The molecule has 0 aliphatic rings. The number of rotatable bonds is 4. The van der Waals surface area contributed by atoms with Gasteiger partial charge in [-0.3, -0.25) is 10.1 Å².